The molecule has 1 aromatic heterocycles. The van der Waals surface area contributed by atoms with Gasteiger partial charge in [-0.2, -0.15) is 9.36 Å². The van der Waals surface area contributed by atoms with Crippen LogP contribution in [0.25, 0.3) is 11.4 Å². The van der Waals surface area contributed by atoms with Crippen LogP contribution in [0.2, 0.25) is 0 Å². The fraction of sp³-hybridized carbons (Fsp3) is 0.467. The summed E-state index contributed by atoms with van der Waals surface area (Å²) in [5.41, 5.74) is 1.56. The normalized spacial score (nSPS) is 16.2. The van der Waals surface area contributed by atoms with Crippen molar-refractivity contribution in [1.82, 2.24) is 20.0 Å². The molecule has 0 bridgehead atoms. The number of aromatic nitrogens is 2. The molecule has 1 heterocycles. The Labute approximate surface area is 239 Å². The monoisotopic (exact) mass is 566 g/mol. The predicted octanol–water partition coefficient (Wildman–Crippen LogP) is 5.28. The smallest absolute Gasteiger partial charge is 0.407 e. The third-order valence-corrected chi connectivity index (χ3v) is 7.97. The SMILES string of the molecule is CCCC[C@H](NC(=O)OCC1(COc2nc(-c3ccccc3)ns2)CCC1)C(O)C(=O)N[C@H](C)c1ccccc1. The van der Waals surface area contributed by atoms with Crippen LogP contribution in [0, 0.1) is 5.41 Å². The van der Waals surface area contributed by atoms with Crippen molar-refractivity contribution < 1.29 is 24.2 Å². The number of amides is 2. The molecule has 1 aliphatic rings. The lowest BCUT2D eigenvalue weighted by Gasteiger charge is -2.40. The molecule has 1 unspecified atom stereocenters. The van der Waals surface area contributed by atoms with Crippen LogP contribution < -0.4 is 15.4 Å². The summed E-state index contributed by atoms with van der Waals surface area (Å²) in [6.07, 6.45) is 2.76. The van der Waals surface area contributed by atoms with Crippen molar-refractivity contribution in [3.05, 3.63) is 66.2 Å². The number of aliphatic hydroxyl groups excluding tert-OH is 1. The number of carbonyl (C=O) groups excluding carboxylic acids is 2. The van der Waals surface area contributed by atoms with Crippen LogP contribution in [0.15, 0.2) is 60.7 Å². The first kappa shape index (κ1) is 29.5. The van der Waals surface area contributed by atoms with Gasteiger partial charge in [-0.15, -0.1) is 0 Å². The van der Waals surface area contributed by atoms with Gasteiger partial charge in [0, 0.05) is 22.5 Å². The molecular formula is C30H38N4O5S. The van der Waals surface area contributed by atoms with E-state index in [1.54, 1.807) is 0 Å². The number of rotatable bonds is 14. The van der Waals surface area contributed by atoms with Gasteiger partial charge in [-0.1, -0.05) is 86.8 Å². The topological polar surface area (TPSA) is 123 Å². The molecule has 0 radical (unpaired) electrons. The highest BCUT2D eigenvalue weighted by Crippen LogP contribution is 2.42. The maximum atomic E-state index is 12.8. The molecular weight excluding hydrogens is 528 g/mol. The first-order valence-electron chi connectivity index (χ1n) is 13.9. The highest BCUT2D eigenvalue weighted by Gasteiger charge is 2.40. The number of alkyl carbamates (subject to hydrolysis) is 1. The van der Waals surface area contributed by atoms with Gasteiger partial charge in [0.15, 0.2) is 11.9 Å². The molecule has 0 spiro atoms. The minimum atomic E-state index is -1.40. The van der Waals surface area contributed by atoms with Gasteiger partial charge in [0.1, 0.15) is 6.61 Å². The van der Waals surface area contributed by atoms with Crippen LogP contribution >= 0.6 is 11.5 Å². The van der Waals surface area contributed by atoms with E-state index in [1.807, 2.05) is 74.5 Å². The number of hydrogen-bond acceptors (Lipinski definition) is 8. The summed E-state index contributed by atoms with van der Waals surface area (Å²) in [6.45, 7) is 4.41. The standard InChI is InChI=1S/C30H38N4O5S/c1-3-4-16-24(25(35)27(36)31-21(2)22-12-7-5-8-13-22)32-28(37)38-19-30(17-11-18-30)20-39-29-33-26(34-40-29)23-14-9-6-10-15-23/h5-10,12-15,21,24-25,35H,3-4,11,16-20H2,1-2H3,(H,31,36)(H,32,37)/t21-,24+,25?/m1/s1. The number of benzene rings is 2. The molecule has 40 heavy (non-hydrogen) atoms. The summed E-state index contributed by atoms with van der Waals surface area (Å²) in [7, 11) is 0. The average Bonchev–Trinajstić information content (AvgIpc) is 3.44. The summed E-state index contributed by atoms with van der Waals surface area (Å²) in [5.74, 6) is 0.0892. The molecule has 2 amide bonds. The maximum Gasteiger partial charge on any atom is 0.407 e. The van der Waals surface area contributed by atoms with Crippen molar-refractivity contribution in [2.75, 3.05) is 13.2 Å². The van der Waals surface area contributed by atoms with E-state index in [0.29, 0.717) is 24.0 Å². The molecule has 3 atom stereocenters. The van der Waals surface area contributed by atoms with Crippen LogP contribution in [-0.2, 0) is 9.53 Å². The maximum absolute atomic E-state index is 12.8. The first-order chi connectivity index (χ1) is 19.4. The molecule has 2 aromatic carbocycles. The lowest BCUT2D eigenvalue weighted by Crippen LogP contribution is -2.51. The van der Waals surface area contributed by atoms with E-state index in [0.717, 1.165) is 43.2 Å². The molecule has 1 aliphatic carbocycles. The van der Waals surface area contributed by atoms with Crippen LogP contribution in [0.3, 0.4) is 0 Å². The molecule has 0 aliphatic heterocycles. The van der Waals surface area contributed by atoms with Gasteiger partial charge >= 0.3 is 6.09 Å². The Kier molecular flexibility index (Phi) is 10.5. The second kappa shape index (κ2) is 14.2. The predicted molar refractivity (Wildman–Crippen MR) is 154 cm³/mol. The van der Waals surface area contributed by atoms with Crippen molar-refractivity contribution >= 4 is 23.5 Å². The molecule has 3 aromatic rings. The minimum absolute atomic E-state index is 0.178. The fourth-order valence-electron chi connectivity index (χ4n) is 4.65. The molecule has 214 valence electrons. The molecule has 0 saturated heterocycles. The first-order valence-corrected chi connectivity index (χ1v) is 14.6. The highest BCUT2D eigenvalue weighted by atomic mass is 32.1. The lowest BCUT2D eigenvalue weighted by molar-refractivity contribution is -0.131. The Morgan fingerprint density at radius 2 is 1.75 bits per heavy atom. The zero-order valence-corrected chi connectivity index (χ0v) is 23.9. The van der Waals surface area contributed by atoms with E-state index in [4.69, 9.17) is 9.47 Å². The summed E-state index contributed by atoms with van der Waals surface area (Å²) >= 11 is 1.20. The summed E-state index contributed by atoms with van der Waals surface area (Å²) < 4.78 is 15.9. The van der Waals surface area contributed by atoms with E-state index in [9.17, 15) is 14.7 Å². The van der Waals surface area contributed by atoms with Gasteiger partial charge in [0.25, 0.3) is 11.1 Å². The summed E-state index contributed by atoms with van der Waals surface area (Å²) in [5, 5.41) is 16.9. The van der Waals surface area contributed by atoms with Crippen molar-refractivity contribution in [3.63, 3.8) is 0 Å². The third kappa shape index (κ3) is 8.02. The summed E-state index contributed by atoms with van der Waals surface area (Å²) in [6, 6.07) is 18.2. The van der Waals surface area contributed by atoms with Crippen molar-refractivity contribution in [3.8, 4) is 16.6 Å². The van der Waals surface area contributed by atoms with Gasteiger partial charge in [-0.3, -0.25) is 4.79 Å². The molecule has 10 heteroatoms. The number of nitrogens with zero attached hydrogens (tertiary/aromatic N) is 2. The van der Waals surface area contributed by atoms with Crippen molar-refractivity contribution in [2.24, 2.45) is 5.41 Å². The molecule has 1 saturated carbocycles. The highest BCUT2D eigenvalue weighted by molar-refractivity contribution is 7.07. The molecule has 3 N–H and O–H groups in total. The largest absolute Gasteiger partial charge is 0.468 e. The number of nitrogens with one attached hydrogen (secondary N) is 2. The Bertz CT molecular complexity index is 1220. The second-order valence-corrected chi connectivity index (χ2v) is 11.2. The Morgan fingerprint density at radius 1 is 1.05 bits per heavy atom. The van der Waals surface area contributed by atoms with Crippen molar-refractivity contribution in [2.45, 2.75) is 70.6 Å². The van der Waals surface area contributed by atoms with E-state index >= 15 is 0 Å². The average molecular weight is 567 g/mol. The Morgan fingerprint density at radius 3 is 2.40 bits per heavy atom. The zero-order valence-electron chi connectivity index (χ0n) is 23.0. The van der Waals surface area contributed by atoms with Gasteiger partial charge in [0.2, 0.25) is 0 Å². The molecule has 4 rings (SSSR count). The van der Waals surface area contributed by atoms with Crippen LogP contribution in [0.5, 0.6) is 5.19 Å². The van der Waals surface area contributed by atoms with E-state index < -0.39 is 24.1 Å². The Hall–Kier alpha value is -3.50. The van der Waals surface area contributed by atoms with Crippen LogP contribution in [0.1, 0.15) is 64.0 Å². The van der Waals surface area contributed by atoms with E-state index in [2.05, 4.69) is 20.0 Å². The number of aliphatic hydroxyl groups is 1. The summed E-state index contributed by atoms with van der Waals surface area (Å²) in [4.78, 5) is 30.1. The lowest BCUT2D eigenvalue weighted by atomic mass is 9.70. The number of carbonyl (C=O) groups is 2. The van der Waals surface area contributed by atoms with Crippen LogP contribution in [-0.4, -0.2) is 51.8 Å². The van der Waals surface area contributed by atoms with Crippen LogP contribution in [0.4, 0.5) is 4.79 Å². The quantitative estimate of drug-likeness (QED) is 0.243. The second-order valence-electron chi connectivity index (χ2n) is 10.4. The fourth-order valence-corrected chi connectivity index (χ4v) is 5.20. The van der Waals surface area contributed by atoms with Gasteiger partial charge in [-0.05, 0) is 31.7 Å². The van der Waals surface area contributed by atoms with Gasteiger partial charge in [0.05, 0.1) is 18.7 Å². The third-order valence-electron chi connectivity index (χ3n) is 7.34. The number of ether oxygens (including phenoxy) is 2. The molecule has 1 fully saturated rings. The van der Waals surface area contributed by atoms with Gasteiger partial charge < -0.3 is 25.2 Å². The molecule has 9 nitrogen and oxygen atoms in total. The minimum Gasteiger partial charge on any atom is -0.468 e. The van der Waals surface area contributed by atoms with Gasteiger partial charge in [-0.25, -0.2) is 4.79 Å². The van der Waals surface area contributed by atoms with Crippen molar-refractivity contribution in [1.29, 1.82) is 0 Å². The van der Waals surface area contributed by atoms with E-state index in [-0.39, 0.29) is 18.1 Å². The number of hydrogen-bond donors (Lipinski definition) is 3. The Balaban J connectivity index is 1.28. The van der Waals surface area contributed by atoms with E-state index in [1.165, 1.54) is 11.5 Å². The zero-order chi connectivity index (χ0) is 28.4. The number of unbranched alkanes of at least 4 members (excludes halogenated alkanes) is 1.